The average molecular weight is 393 g/mol. The van der Waals surface area contributed by atoms with Gasteiger partial charge in [0.05, 0.1) is 0 Å². The van der Waals surface area contributed by atoms with Crippen molar-refractivity contribution in [2.75, 3.05) is 26.3 Å². The number of rotatable bonds is 4. The van der Waals surface area contributed by atoms with Crippen LogP contribution in [0, 0.1) is 0 Å². The van der Waals surface area contributed by atoms with Crippen LogP contribution in [0.2, 0.25) is 0 Å². The van der Waals surface area contributed by atoms with Gasteiger partial charge in [0.25, 0.3) is 11.8 Å². The predicted molar refractivity (Wildman–Crippen MR) is 105 cm³/mol. The summed E-state index contributed by atoms with van der Waals surface area (Å²) in [5.41, 5.74) is 3.28. The van der Waals surface area contributed by atoms with Crippen LogP contribution in [-0.2, 0) is 11.3 Å². The number of piperazine rings is 1. The summed E-state index contributed by atoms with van der Waals surface area (Å²) in [5.74, 6) is 1.01. The number of carbonyl (C=O) groups is 1. The maximum absolute atomic E-state index is 11.9. The van der Waals surface area contributed by atoms with E-state index in [2.05, 4.69) is 40.2 Å². The molecule has 0 aliphatic carbocycles. The number of aromatic nitrogens is 1. The maximum Gasteiger partial charge on any atom is 0.257 e. The van der Waals surface area contributed by atoms with Gasteiger partial charge in [-0.05, 0) is 29.7 Å². The lowest BCUT2D eigenvalue weighted by Gasteiger charge is -2.46. The van der Waals surface area contributed by atoms with Crippen molar-refractivity contribution in [1.29, 1.82) is 0 Å². The number of hydrogen-bond acceptors (Lipinski definition) is 6. The van der Waals surface area contributed by atoms with E-state index < -0.39 is 6.61 Å². The highest BCUT2D eigenvalue weighted by molar-refractivity contribution is 5.79. The van der Waals surface area contributed by atoms with E-state index in [4.69, 9.17) is 14.6 Å². The van der Waals surface area contributed by atoms with Crippen molar-refractivity contribution in [3.8, 4) is 11.6 Å². The molecule has 7 heteroatoms. The second kappa shape index (κ2) is 7.50. The summed E-state index contributed by atoms with van der Waals surface area (Å²) < 4.78 is 11.7. The summed E-state index contributed by atoms with van der Waals surface area (Å²) in [6.07, 6.45) is 4.60. The van der Waals surface area contributed by atoms with Gasteiger partial charge in [0.2, 0.25) is 0 Å². The number of hydrogen-bond donors (Lipinski definition) is 1. The van der Waals surface area contributed by atoms with Crippen molar-refractivity contribution in [1.82, 2.24) is 14.8 Å². The molecule has 6 rings (SSSR count). The largest absolute Gasteiger partial charge is 0.484 e. The van der Waals surface area contributed by atoms with E-state index >= 15 is 0 Å². The maximum atomic E-state index is 11.9. The molecule has 2 bridgehead atoms. The zero-order valence-electron chi connectivity index (χ0n) is 16.0. The molecule has 150 valence electrons. The first-order chi connectivity index (χ1) is 14.2. The Bertz CT molecular complexity index is 943. The van der Waals surface area contributed by atoms with E-state index in [1.807, 2.05) is 12.1 Å². The zero-order valence-corrected chi connectivity index (χ0v) is 16.0. The van der Waals surface area contributed by atoms with Gasteiger partial charge in [-0.1, -0.05) is 30.3 Å². The van der Waals surface area contributed by atoms with E-state index in [0.717, 1.165) is 30.8 Å². The monoisotopic (exact) mass is 393 g/mol. The Morgan fingerprint density at radius 1 is 1.24 bits per heavy atom. The van der Waals surface area contributed by atoms with Crippen molar-refractivity contribution >= 4 is 5.91 Å². The molecule has 1 aromatic heterocycles. The lowest BCUT2D eigenvalue weighted by molar-refractivity contribution is -0.135. The Labute approximate surface area is 169 Å². The highest BCUT2D eigenvalue weighted by Crippen LogP contribution is 2.34. The summed E-state index contributed by atoms with van der Waals surface area (Å²) in [4.78, 5) is 20.2. The van der Waals surface area contributed by atoms with E-state index in [1.165, 1.54) is 5.56 Å². The number of nitrogens with zero attached hydrogens (tertiary/aromatic N) is 3. The third kappa shape index (κ3) is 3.47. The quantitative estimate of drug-likeness (QED) is 0.855. The van der Waals surface area contributed by atoms with Gasteiger partial charge in [-0.2, -0.15) is 0 Å². The van der Waals surface area contributed by atoms with Gasteiger partial charge in [0, 0.05) is 37.6 Å². The van der Waals surface area contributed by atoms with Crippen LogP contribution >= 0.6 is 0 Å². The van der Waals surface area contributed by atoms with Gasteiger partial charge < -0.3 is 19.5 Å². The normalized spacial score (nSPS) is 23.1. The van der Waals surface area contributed by atoms with Gasteiger partial charge in [-0.15, -0.1) is 0 Å². The molecule has 2 atom stereocenters. The highest BCUT2D eigenvalue weighted by atomic mass is 16.6. The van der Waals surface area contributed by atoms with Crippen LogP contribution in [0.25, 0.3) is 0 Å². The van der Waals surface area contributed by atoms with Gasteiger partial charge in [0.1, 0.15) is 13.2 Å². The molecule has 4 aliphatic rings. The van der Waals surface area contributed by atoms with Crippen molar-refractivity contribution in [3.63, 3.8) is 0 Å². The second-order valence-corrected chi connectivity index (χ2v) is 7.62. The molecule has 29 heavy (non-hydrogen) atoms. The molecule has 1 saturated heterocycles. The molecule has 0 radical (unpaired) electrons. The van der Waals surface area contributed by atoms with Crippen LogP contribution < -0.4 is 9.47 Å². The number of aliphatic hydroxyl groups is 1. The van der Waals surface area contributed by atoms with Crippen LogP contribution in [0.5, 0.6) is 11.6 Å². The van der Waals surface area contributed by atoms with Crippen LogP contribution in [0.4, 0.5) is 0 Å². The average Bonchev–Trinajstić information content (AvgIpc) is 2.79. The molecule has 4 aliphatic heterocycles. The summed E-state index contributed by atoms with van der Waals surface area (Å²) in [7, 11) is 0. The number of amides is 1. The third-order valence-electron chi connectivity index (χ3n) is 5.80. The van der Waals surface area contributed by atoms with Gasteiger partial charge >= 0.3 is 0 Å². The topological polar surface area (TPSA) is 75.1 Å². The van der Waals surface area contributed by atoms with E-state index in [1.54, 1.807) is 11.1 Å². The Morgan fingerprint density at radius 2 is 2.10 bits per heavy atom. The third-order valence-corrected chi connectivity index (χ3v) is 5.80. The lowest BCUT2D eigenvalue weighted by atomic mass is 9.97. The van der Waals surface area contributed by atoms with E-state index in [-0.39, 0.29) is 12.0 Å². The summed E-state index contributed by atoms with van der Waals surface area (Å²) in [6.45, 7) is 2.26. The van der Waals surface area contributed by atoms with Crippen molar-refractivity contribution in [2.24, 2.45) is 0 Å². The fourth-order valence-electron chi connectivity index (χ4n) is 4.21. The first kappa shape index (κ1) is 18.1. The number of pyridine rings is 1. The summed E-state index contributed by atoms with van der Waals surface area (Å²) in [5, 5.41) is 9.15. The minimum Gasteiger partial charge on any atom is -0.484 e. The number of benzene rings is 1. The van der Waals surface area contributed by atoms with Gasteiger partial charge in [-0.25, -0.2) is 4.98 Å². The molecule has 5 heterocycles. The lowest BCUT2D eigenvalue weighted by Crippen LogP contribution is -2.56. The van der Waals surface area contributed by atoms with Crippen molar-refractivity contribution in [3.05, 3.63) is 65.5 Å². The Balaban J connectivity index is 1.23. The van der Waals surface area contributed by atoms with Crippen molar-refractivity contribution in [2.45, 2.75) is 25.1 Å². The predicted octanol–water partition coefficient (Wildman–Crippen LogP) is 1.89. The minimum atomic E-state index is -0.432. The Hall–Kier alpha value is -2.90. The first-order valence-electron chi connectivity index (χ1n) is 9.89. The van der Waals surface area contributed by atoms with Crippen LogP contribution in [0.1, 0.15) is 23.7 Å². The Kier molecular flexibility index (Phi) is 4.69. The number of ether oxygens (including phenoxy) is 2. The molecule has 1 fully saturated rings. The molecule has 2 aromatic rings. The molecular weight excluding hydrogens is 370 g/mol. The minimum absolute atomic E-state index is 0.166. The number of aliphatic hydroxyl groups excluding tert-OH is 1. The molecule has 0 unspecified atom stereocenters. The summed E-state index contributed by atoms with van der Waals surface area (Å²) >= 11 is 0. The fourth-order valence-corrected chi connectivity index (χ4v) is 4.21. The van der Waals surface area contributed by atoms with Gasteiger partial charge in [-0.3, -0.25) is 9.69 Å². The molecular formula is C22H23N3O4. The first-order valence-corrected chi connectivity index (χ1v) is 9.89. The van der Waals surface area contributed by atoms with Crippen LogP contribution in [0.15, 0.2) is 54.4 Å². The van der Waals surface area contributed by atoms with Crippen LogP contribution in [-0.4, -0.2) is 58.1 Å². The molecule has 0 spiro atoms. The van der Waals surface area contributed by atoms with Crippen LogP contribution in [0.3, 0.4) is 0 Å². The highest BCUT2D eigenvalue weighted by Gasteiger charge is 2.35. The van der Waals surface area contributed by atoms with Gasteiger partial charge in [0.15, 0.2) is 11.9 Å². The molecule has 1 amide bonds. The molecule has 0 saturated carbocycles. The molecule has 1 aromatic carbocycles. The Morgan fingerprint density at radius 3 is 2.86 bits per heavy atom. The number of carbonyl (C=O) groups excluding carboxylic acids is 1. The smallest absolute Gasteiger partial charge is 0.257 e. The van der Waals surface area contributed by atoms with Crippen molar-refractivity contribution < 1.29 is 19.4 Å². The SMILES string of the molecule is O=C(CO)N1C[C@@H]2CC=C1CN2Cc1ccc([C@H]2COc3cccnc3O2)cc1. The van der Waals surface area contributed by atoms with E-state index in [0.29, 0.717) is 30.8 Å². The zero-order chi connectivity index (χ0) is 19.8. The molecule has 1 N–H and O–H groups in total. The summed E-state index contributed by atoms with van der Waals surface area (Å²) in [6, 6.07) is 12.4. The number of fused-ring (bicyclic) bond motifs is 4. The fraction of sp³-hybridized carbons (Fsp3) is 0.364. The standard InChI is InChI=1S/C22H23N3O4/c26-13-21(27)25-12-17-7-8-18(25)11-24(17)10-15-3-5-16(6-4-15)20-14-28-19-2-1-9-23-22(19)29-20/h1-6,8-9,17,20,26H,7,10-14H2/t17-,20+/m0/s1. The molecule has 7 nitrogen and oxygen atoms in total. The van der Waals surface area contributed by atoms with E-state index in [9.17, 15) is 4.79 Å². The second-order valence-electron chi connectivity index (χ2n) is 7.62.